The first-order valence-electron chi connectivity index (χ1n) is 5.62. The van der Waals surface area contributed by atoms with Crippen molar-refractivity contribution in [2.45, 2.75) is 0 Å². The number of para-hydroxylation sites is 1. The summed E-state index contributed by atoms with van der Waals surface area (Å²) in [5.74, 6) is 1.19. The topological polar surface area (TPSA) is 55.5 Å². The highest BCUT2D eigenvalue weighted by molar-refractivity contribution is 9.10. The number of fused-ring (bicyclic) bond motifs is 1. The molecule has 0 spiro atoms. The first-order chi connectivity index (χ1) is 9.20. The lowest BCUT2D eigenvalue weighted by Crippen LogP contribution is -1.83. The van der Waals surface area contributed by atoms with Crippen LogP contribution in [0, 0.1) is 0 Å². The van der Waals surface area contributed by atoms with E-state index in [1.54, 1.807) is 25.3 Å². The summed E-state index contributed by atoms with van der Waals surface area (Å²) in [5, 5.41) is 9.82. The average Bonchev–Trinajstić information content (AvgIpc) is 2.84. The Bertz CT molecular complexity index is 752. The van der Waals surface area contributed by atoms with Gasteiger partial charge in [0, 0.05) is 0 Å². The maximum Gasteiger partial charge on any atom is 0.231 e. The van der Waals surface area contributed by atoms with Crippen molar-refractivity contribution in [2.24, 2.45) is 0 Å². The van der Waals surface area contributed by atoms with Gasteiger partial charge in [0.15, 0.2) is 5.58 Å². The molecule has 0 fully saturated rings. The van der Waals surface area contributed by atoms with E-state index in [9.17, 15) is 5.11 Å². The van der Waals surface area contributed by atoms with Gasteiger partial charge in [0.2, 0.25) is 5.89 Å². The largest absolute Gasteiger partial charge is 0.507 e. The second kappa shape index (κ2) is 4.59. The summed E-state index contributed by atoms with van der Waals surface area (Å²) < 4.78 is 11.6. The molecule has 0 bridgehead atoms. The molecule has 3 aromatic rings. The zero-order chi connectivity index (χ0) is 13.4. The Morgan fingerprint density at radius 3 is 2.74 bits per heavy atom. The second-order valence-electron chi connectivity index (χ2n) is 3.97. The highest BCUT2D eigenvalue weighted by Crippen LogP contribution is 2.37. The number of benzene rings is 2. The predicted molar refractivity (Wildman–Crippen MR) is 75.4 cm³/mol. The van der Waals surface area contributed by atoms with E-state index in [1.807, 2.05) is 18.2 Å². The van der Waals surface area contributed by atoms with Crippen LogP contribution in [0.25, 0.3) is 22.6 Å². The molecule has 0 radical (unpaired) electrons. The van der Waals surface area contributed by atoms with Gasteiger partial charge in [0.05, 0.1) is 12.7 Å². The van der Waals surface area contributed by atoms with Gasteiger partial charge >= 0.3 is 0 Å². The molecule has 0 amide bonds. The van der Waals surface area contributed by atoms with Crippen LogP contribution in [0.15, 0.2) is 45.3 Å². The van der Waals surface area contributed by atoms with Crippen molar-refractivity contribution in [3.8, 4) is 23.0 Å². The summed E-state index contributed by atoms with van der Waals surface area (Å²) in [5.41, 5.74) is 1.85. The van der Waals surface area contributed by atoms with E-state index in [0.29, 0.717) is 32.8 Å². The maximum absolute atomic E-state index is 9.82. The Morgan fingerprint density at radius 2 is 2.00 bits per heavy atom. The molecular weight excluding hydrogens is 310 g/mol. The number of methoxy groups -OCH3 is 1. The minimum Gasteiger partial charge on any atom is -0.507 e. The molecule has 0 saturated heterocycles. The van der Waals surface area contributed by atoms with Crippen molar-refractivity contribution in [3.63, 3.8) is 0 Å². The Morgan fingerprint density at radius 1 is 1.21 bits per heavy atom. The summed E-state index contributed by atoms with van der Waals surface area (Å²) in [6.45, 7) is 0. The van der Waals surface area contributed by atoms with Gasteiger partial charge < -0.3 is 14.3 Å². The van der Waals surface area contributed by atoms with E-state index in [-0.39, 0.29) is 5.75 Å². The predicted octanol–water partition coefficient (Wildman–Crippen LogP) is 3.97. The van der Waals surface area contributed by atoms with Crippen molar-refractivity contribution in [2.75, 3.05) is 7.11 Å². The summed E-state index contributed by atoms with van der Waals surface area (Å²) in [7, 11) is 1.59. The van der Waals surface area contributed by atoms with Gasteiger partial charge in [-0.15, -0.1) is 0 Å². The molecule has 0 aliphatic rings. The number of aromatic hydroxyl groups is 1. The molecule has 0 saturated carbocycles. The first-order valence-corrected chi connectivity index (χ1v) is 6.41. The lowest BCUT2D eigenvalue weighted by molar-refractivity contribution is 0.412. The standard InChI is InChI=1S/C14H10BrNO3/c1-18-11-7-6-9-13(12(11)15)19-14(16-9)8-4-2-3-5-10(8)17/h2-7,17H,1H3. The van der Waals surface area contributed by atoms with Gasteiger partial charge in [-0.05, 0) is 40.2 Å². The normalized spacial score (nSPS) is 10.8. The molecule has 3 rings (SSSR count). The highest BCUT2D eigenvalue weighted by atomic mass is 79.9. The number of halogens is 1. The van der Waals surface area contributed by atoms with Gasteiger partial charge in [-0.1, -0.05) is 12.1 Å². The first kappa shape index (κ1) is 12.0. The van der Waals surface area contributed by atoms with Crippen LogP contribution in [-0.2, 0) is 0 Å². The molecule has 1 heterocycles. The van der Waals surface area contributed by atoms with Crippen LogP contribution in [0.1, 0.15) is 0 Å². The van der Waals surface area contributed by atoms with E-state index in [1.165, 1.54) is 0 Å². The molecular formula is C14H10BrNO3. The molecule has 4 nitrogen and oxygen atoms in total. The number of nitrogens with zero attached hydrogens (tertiary/aromatic N) is 1. The number of rotatable bonds is 2. The van der Waals surface area contributed by atoms with Crippen molar-refractivity contribution >= 4 is 27.0 Å². The summed E-state index contributed by atoms with van der Waals surface area (Å²) in [6.07, 6.45) is 0. The Labute approximate surface area is 117 Å². The summed E-state index contributed by atoms with van der Waals surface area (Å²) >= 11 is 3.43. The van der Waals surface area contributed by atoms with Crippen LogP contribution in [0.4, 0.5) is 0 Å². The minimum atomic E-state index is 0.136. The Hall–Kier alpha value is -2.01. The fourth-order valence-corrected chi connectivity index (χ4v) is 2.45. The monoisotopic (exact) mass is 319 g/mol. The number of aromatic nitrogens is 1. The van der Waals surface area contributed by atoms with E-state index in [0.717, 1.165) is 0 Å². The average molecular weight is 320 g/mol. The number of oxazole rings is 1. The van der Waals surface area contributed by atoms with Crippen LogP contribution in [0.3, 0.4) is 0 Å². The maximum atomic E-state index is 9.82. The van der Waals surface area contributed by atoms with Gasteiger partial charge in [-0.3, -0.25) is 0 Å². The number of ether oxygens (including phenoxy) is 1. The second-order valence-corrected chi connectivity index (χ2v) is 4.76. The summed E-state index contributed by atoms with van der Waals surface area (Å²) in [6, 6.07) is 10.5. The lowest BCUT2D eigenvalue weighted by atomic mass is 10.2. The highest BCUT2D eigenvalue weighted by Gasteiger charge is 2.15. The van der Waals surface area contributed by atoms with Crippen LogP contribution in [0.5, 0.6) is 11.5 Å². The molecule has 1 aromatic heterocycles. The molecule has 0 atom stereocenters. The van der Waals surface area contributed by atoms with Crippen molar-refractivity contribution in [1.29, 1.82) is 0 Å². The third kappa shape index (κ3) is 1.96. The van der Waals surface area contributed by atoms with Gasteiger partial charge in [0.1, 0.15) is 21.5 Å². The Kier molecular flexibility index (Phi) is 2.91. The fourth-order valence-electron chi connectivity index (χ4n) is 1.87. The van der Waals surface area contributed by atoms with Crippen molar-refractivity contribution in [1.82, 2.24) is 4.98 Å². The van der Waals surface area contributed by atoms with E-state index < -0.39 is 0 Å². The number of phenols is 1. The smallest absolute Gasteiger partial charge is 0.231 e. The Balaban J connectivity index is 2.23. The molecule has 96 valence electrons. The zero-order valence-corrected chi connectivity index (χ0v) is 11.6. The molecule has 1 N–H and O–H groups in total. The minimum absolute atomic E-state index is 0.136. The van der Waals surface area contributed by atoms with Gasteiger partial charge in [-0.25, -0.2) is 4.98 Å². The van der Waals surface area contributed by atoms with Crippen molar-refractivity contribution in [3.05, 3.63) is 40.9 Å². The van der Waals surface area contributed by atoms with Gasteiger partial charge in [-0.2, -0.15) is 0 Å². The van der Waals surface area contributed by atoms with E-state index in [4.69, 9.17) is 9.15 Å². The van der Waals surface area contributed by atoms with Crippen molar-refractivity contribution < 1.29 is 14.3 Å². The quantitative estimate of drug-likeness (QED) is 0.776. The molecule has 0 aliphatic heterocycles. The number of phenolic OH excluding ortho intramolecular Hbond substituents is 1. The van der Waals surface area contributed by atoms with Crippen LogP contribution in [-0.4, -0.2) is 17.2 Å². The molecule has 2 aromatic carbocycles. The number of hydrogen-bond donors (Lipinski definition) is 1. The van der Waals surface area contributed by atoms with E-state index >= 15 is 0 Å². The summed E-state index contributed by atoms with van der Waals surface area (Å²) in [4.78, 5) is 4.37. The van der Waals surface area contributed by atoms with E-state index in [2.05, 4.69) is 20.9 Å². The molecule has 0 unspecified atom stereocenters. The van der Waals surface area contributed by atoms with Crippen LogP contribution >= 0.6 is 15.9 Å². The number of hydrogen-bond acceptors (Lipinski definition) is 4. The lowest BCUT2D eigenvalue weighted by Gasteiger charge is -2.01. The molecule has 0 aliphatic carbocycles. The van der Waals surface area contributed by atoms with Gasteiger partial charge in [0.25, 0.3) is 0 Å². The SMILES string of the molecule is COc1ccc2nc(-c3ccccc3O)oc2c1Br. The molecule has 5 heteroatoms. The zero-order valence-electron chi connectivity index (χ0n) is 10.1. The van der Waals surface area contributed by atoms with Crippen LogP contribution in [0.2, 0.25) is 0 Å². The third-order valence-corrected chi connectivity index (χ3v) is 3.57. The molecule has 19 heavy (non-hydrogen) atoms. The fraction of sp³-hybridized carbons (Fsp3) is 0.0714. The third-order valence-electron chi connectivity index (χ3n) is 2.82. The van der Waals surface area contributed by atoms with Crippen LogP contribution < -0.4 is 4.74 Å².